The Hall–Kier alpha value is -2.15. The molecule has 0 spiro atoms. The van der Waals surface area contributed by atoms with Gasteiger partial charge < -0.3 is 15.2 Å². The fraction of sp³-hybridized carbons (Fsp3) is 0.286. The van der Waals surface area contributed by atoms with Crippen LogP contribution in [0.1, 0.15) is 44.9 Å². The molecule has 0 saturated heterocycles. The first-order chi connectivity index (χ1) is 9.92. The van der Waals surface area contributed by atoms with Crippen molar-refractivity contribution < 1.29 is 24.3 Å². The van der Waals surface area contributed by atoms with Crippen LogP contribution in [0.5, 0.6) is 0 Å². The van der Waals surface area contributed by atoms with Gasteiger partial charge in [0.25, 0.3) is 5.91 Å². The number of carboxylic acids is 1. The van der Waals surface area contributed by atoms with Crippen molar-refractivity contribution >= 4 is 35.0 Å². The van der Waals surface area contributed by atoms with E-state index in [1.165, 1.54) is 25.1 Å². The monoisotopic (exact) mass is 311 g/mol. The fourth-order valence-electron chi connectivity index (χ4n) is 1.42. The van der Waals surface area contributed by atoms with E-state index >= 15 is 0 Å². The molecule has 114 valence electrons. The minimum Gasteiger partial charge on any atom is -0.478 e. The number of thioether (sulfide) groups is 1. The van der Waals surface area contributed by atoms with Gasteiger partial charge in [0.15, 0.2) is 0 Å². The van der Waals surface area contributed by atoms with Crippen molar-refractivity contribution in [1.29, 1.82) is 0 Å². The van der Waals surface area contributed by atoms with Crippen LogP contribution in [0.2, 0.25) is 0 Å². The molecule has 0 aromatic heterocycles. The van der Waals surface area contributed by atoms with Gasteiger partial charge in [0.05, 0.1) is 11.1 Å². The predicted molar refractivity (Wildman–Crippen MR) is 81.0 cm³/mol. The lowest BCUT2D eigenvalue weighted by Crippen LogP contribution is -2.25. The number of amides is 1. The van der Waals surface area contributed by atoms with E-state index < -0.39 is 11.9 Å². The number of carboxylic acid groups (broad SMARTS) is 1. The van der Waals surface area contributed by atoms with Crippen molar-refractivity contribution in [2.24, 2.45) is 0 Å². The number of carbonyl (C=O) groups is 4. The number of nitrogens with one attached hydrogen (secondary N) is 1. The number of carbonyl (C=O) groups excluding carboxylic acids is 3. The van der Waals surface area contributed by atoms with Crippen LogP contribution in [0, 0.1) is 0 Å². The van der Waals surface area contributed by atoms with E-state index in [4.69, 9.17) is 9.90 Å². The molecule has 0 heterocycles. The highest BCUT2D eigenvalue weighted by Gasteiger charge is 2.18. The molecule has 21 heavy (non-hydrogen) atoms. The van der Waals surface area contributed by atoms with Gasteiger partial charge in [-0.3, -0.25) is 9.59 Å². The van der Waals surface area contributed by atoms with E-state index in [1.807, 2.05) is 0 Å². The molecule has 0 aliphatic heterocycles. The van der Waals surface area contributed by atoms with Crippen molar-refractivity contribution in [3.8, 4) is 0 Å². The summed E-state index contributed by atoms with van der Waals surface area (Å²) < 4.78 is 0. The Bertz CT molecular complexity index is 542. The number of aldehydes is 1. The largest absolute Gasteiger partial charge is 0.478 e. The van der Waals surface area contributed by atoms with Gasteiger partial charge in [-0.1, -0.05) is 11.8 Å². The predicted octanol–water partition coefficient (Wildman–Crippen LogP) is 1.84. The zero-order valence-electron chi connectivity index (χ0n) is 12.0. The maximum Gasteiger partial charge on any atom is 0.336 e. The van der Waals surface area contributed by atoms with Crippen molar-refractivity contribution in [3.05, 3.63) is 34.9 Å². The minimum absolute atomic E-state index is 0.0574. The summed E-state index contributed by atoms with van der Waals surface area (Å²) in [6, 6.07) is 4.04. The summed E-state index contributed by atoms with van der Waals surface area (Å²) in [5.41, 5.74) is 0.163. The molecule has 0 fully saturated rings. The summed E-state index contributed by atoms with van der Waals surface area (Å²) in [5.74, 6) is -1.69. The average molecular weight is 311 g/mol. The van der Waals surface area contributed by atoms with Crippen LogP contribution >= 0.6 is 11.8 Å². The van der Waals surface area contributed by atoms with Crippen LogP contribution in [-0.2, 0) is 4.79 Å². The Morgan fingerprint density at radius 2 is 1.86 bits per heavy atom. The van der Waals surface area contributed by atoms with Crippen molar-refractivity contribution in [2.75, 3.05) is 12.8 Å². The second-order valence-electron chi connectivity index (χ2n) is 3.65. The molecule has 1 aromatic carbocycles. The maximum absolute atomic E-state index is 11.7. The summed E-state index contributed by atoms with van der Waals surface area (Å²) in [6.07, 6.45) is 2.36. The number of hydrogen-bond donors (Lipinski definition) is 2. The third-order valence-corrected chi connectivity index (χ3v) is 2.86. The Kier molecular flexibility index (Phi) is 8.71. The van der Waals surface area contributed by atoms with Crippen LogP contribution in [0.3, 0.4) is 0 Å². The Morgan fingerprint density at radius 3 is 2.29 bits per heavy atom. The smallest absolute Gasteiger partial charge is 0.336 e. The van der Waals surface area contributed by atoms with Gasteiger partial charge in [-0.25, -0.2) is 4.79 Å². The molecular formula is C14H17NO5S. The lowest BCUT2D eigenvalue weighted by Gasteiger charge is -2.07. The molecule has 1 aromatic rings. The Balaban J connectivity index is 0.00000122. The van der Waals surface area contributed by atoms with Crippen LogP contribution < -0.4 is 5.32 Å². The third-order valence-electron chi connectivity index (χ3n) is 2.25. The van der Waals surface area contributed by atoms with E-state index in [2.05, 4.69) is 5.32 Å². The third kappa shape index (κ3) is 5.78. The van der Waals surface area contributed by atoms with Crippen LogP contribution in [0.15, 0.2) is 18.2 Å². The zero-order chi connectivity index (χ0) is 16.4. The normalized spacial score (nSPS) is 9.10. The molecule has 0 saturated carbocycles. The van der Waals surface area contributed by atoms with Gasteiger partial charge >= 0.3 is 5.97 Å². The molecule has 1 amide bonds. The van der Waals surface area contributed by atoms with Crippen molar-refractivity contribution in [3.63, 3.8) is 0 Å². The summed E-state index contributed by atoms with van der Waals surface area (Å²) in [7, 11) is 0. The summed E-state index contributed by atoms with van der Waals surface area (Å²) in [6.45, 7) is 3.59. The molecule has 0 unspecified atom stereocenters. The summed E-state index contributed by atoms with van der Waals surface area (Å²) in [4.78, 5) is 43.0. The first-order valence-electron chi connectivity index (χ1n) is 6.06. The summed E-state index contributed by atoms with van der Waals surface area (Å²) >= 11 is 0.990. The first kappa shape index (κ1) is 18.9. The molecule has 7 heteroatoms. The highest BCUT2D eigenvalue weighted by Crippen LogP contribution is 2.16. The molecule has 0 aliphatic carbocycles. The summed E-state index contributed by atoms with van der Waals surface area (Å²) in [5, 5.41) is 11.4. The van der Waals surface area contributed by atoms with E-state index in [-0.39, 0.29) is 21.8 Å². The first-order valence-corrected chi connectivity index (χ1v) is 7.28. The fourth-order valence-corrected chi connectivity index (χ4v) is 1.78. The van der Waals surface area contributed by atoms with Gasteiger partial charge in [-0.05, 0) is 38.3 Å². The highest BCUT2D eigenvalue weighted by atomic mass is 32.2. The number of benzene rings is 1. The lowest BCUT2D eigenvalue weighted by atomic mass is 10.0. The van der Waals surface area contributed by atoms with E-state index in [0.717, 1.165) is 18.0 Å². The molecular weight excluding hydrogens is 294 g/mol. The molecule has 0 bridgehead atoms. The Morgan fingerprint density at radius 1 is 1.29 bits per heavy atom. The van der Waals surface area contributed by atoms with Crippen LogP contribution in [0.25, 0.3) is 0 Å². The van der Waals surface area contributed by atoms with Gasteiger partial charge in [0.2, 0.25) is 5.12 Å². The van der Waals surface area contributed by atoms with Gasteiger partial charge in [-0.15, -0.1) is 0 Å². The standard InChI is InChI=1S/C12H13NO4S.C2H4O/c1-3-13-10(14)8-5-4-7(12(17)18-2)6-9(8)11(15)16;1-2-3/h4-6H,3H2,1-2H3,(H,13,14)(H,15,16);2H,1H3. The van der Waals surface area contributed by atoms with E-state index in [1.54, 1.807) is 13.2 Å². The van der Waals surface area contributed by atoms with Crippen LogP contribution in [-0.4, -0.2) is 41.2 Å². The molecule has 0 atom stereocenters. The number of aromatic carboxylic acids is 1. The highest BCUT2D eigenvalue weighted by molar-refractivity contribution is 8.13. The van der Waals surface area contributed by atoms with E-state index in [0.29, 0.717) is 6.54 Å². The SMILES string of the molecule is CC=O.CCNC(=O)c1ccc(C(=O)SC)cc1C(=O)O. The maximum atomic E-state index is 11.7. The lowest BCUT2D eigenvalue weighted by molar-refractivity contribution is -0.106. The molecule has 0 aliphatic rings. The molecule has 6 nitrogen and oxygen atoms in total. The van der Waals surface area contributed by atoms with Gasteiger partial charge in [0.1, 0.15) is 6.29 Å². The van der Waals surface area contributed by atoms with Crippen molar-refractivity contribution in [2.45, 2.75) is 13.8 Å². The molecule has 1 rings (SSSR count). The molecule has 0 radical (unpaired) electrons. The van der Waals surface area contributed by atoms with Gasteiger partial charge in [-0.2, -0.15) is 0 Å². The topological polar surface area (TPSA) is 101 Å². The van der Waals surface area contributed by atoms with Crippen molar-refractivity contribution in [1.82, 2.24) is 5.32 Å². The zero-order valence-corrected chi connectivity index (χ0v) is 12.8. The second kappa shape index (κ2) is 9.71. The molecule has 2 N–H and O–H groups in total. The number of rotatable bonds is 4. The van der Waals surface area contributed by atoms with E-state index in [9.17, 15) is 14.4 Å². The number of hydrogen-bond acceptors (Lipinski definition) is 5. The quantitative estimate of drug-likeness (QED) is 0.823. The van der Waals surface area contributed by atoms with Crippen LogP contribution in [0.4, 0.5) is 0 Å². The second-order valence-corrected chi connectivity index (χ2v) is 4.43. The Labute approximate surface area is 126 Å². The minimum atomic E-state index is -1.23. The van der Waals surface area contributed by atoms with Gasteiger partial charge in [0, 0.05) is 12.1 Å². The average Bonchev–Trinajstić information content (AvgIpc) is 2.46.